The number of nitrogens with zero attached hydrogens (tertiary/aromatic N) is 1. The molecular weight excluding hydrogens is 535 g/mol. The molecule has 1 N–H and O–H groups in total. The maximum absolute atomic E-state index is 14.2. The summed E-state index contributed by atoms with van der Waals surface area (Å²) in [6.07, 6.45) is 1.17. The number of hydrogen-bond donors (Lipinski definition) is 1. The van der Waals surface area contributed by atoms with Gasteiger partial charge in [0.2, 0.25) is 0 Å². The molecule has 0 amide bonds. The van der Waals surface area contributed by atoms with Gasteiger partial charge in [-0.05, 0) is 72.9 Å². The fourth-order valence-electron chi connectivity index (χ4n) is 5.17. The number of alkyl halides is 2. The number of carbonyl (C=O) groups is 1. The number of carboxylic acid groups (broad SMARTS) is 1. The Balaban J connectivity index is 1.58. The number of sulfonamides is 1. The number of aliphatic carboxylic acids is 1. The second-order valence-electron chi connectivity index (χ2n) is 9.97. The molecule has 3 aromatic rings. The van der Waals surface area contributed by atoms with Gasteiger partial charge in [0.1, 0.15) is 23.4 Å². The number of fused-ring (bicyclic) bond motifs is 1. The van der Waals surface area contributed by atoms with E-state index >= 15 is 0 Å². The van der Waals surface area contributed by atoms with Crippen LogP contribution in [0.3, 0.4) is 0 Å². The van der Waals surface area contributed by atoms with Gasteiger partial charge in [0, 0.05) is 12.5 Å². The first-order valence-corrected chi connectivity index (χ1v) is 13.8. The number of carboxylic acids is 1. The lowest BCUT2D eigenvalue weighted by Gasteiger charge is -2.43. The summed E-state index contributed by atoms with van der Waals surface area (Å²) >= 11 is 0. The Hall–Kier alpha value is -3.73. The number of hydrogen-bond acceptors (Lipinski definition) is 5. The minimum atomic E-state index is -4.12. The van der Waals surface area contributed by atoms with Crippen LogP contribution < -0.4 is 13.8 Å². The van der Waals surface area contributed by atoms with Gasteiger partial charge >= 0.3 is 12.6 Å². The highest BCUT2D eigenvalue weighted by Crippen LogP contribution is 2.48. The monoisotopic (exact) mass is 561 g/mol. The molecule has 39 heavy (non-hydrogen) atoms. The summed E-state index contributed by atoms with van der Waals surface area (Å²) < 4.78 is 79.2. The highest BCUT2D eigenvalue weighted by atomic mass is 32.2. The molecule has 0 bridgehead atoms. The zero-order chi connectivity index (χ0) is 27.9. The van der Waals surface area contributed by atoms with E-state index in [1.807, 2.05) is 0 Å². The van der Waals surface area contributed by atoms with Crippen LogP contribution in [0.1, 0.15) is 31.2 Å². The van der Waals surface area contributed by atoms with Crippen LogP contribution in [0.4, 0.5) is 18.9 Å². The number of rotatable bonds is 8. The van der Waals surface area contributed by atoms with Gasteiger partial charge in [0.15, 0.2) is 0 Å². The Kier molecular flexibility index (Phi) is 6.96. The van der Waals surface area contributed by atoms with Crippen molar-refractivity contribution in [2.45, 2.75) is 50.2 Å². The molecule has 3 aromatic carbocycles. The van der Waals surface area contributed by atoms with Crippen molar-refractivity contribution >= 4 is 21.7 Å². The number of ether oxygens (including phenoxy) is 2. The van der Waals surface area contributed by atoms with Crippen molar-refractivity contribution in [1.82, 2.24) is 0 Å². The van der Waals surface area contributed by atoms with E-state index in [-0.39, 0.29) is 40.6 Å². The molecule has 1 fully saturated rings. The summed E-state index contributed by atoms with van der Waals surface area (Å²) in [5.74, 6) is -1.90. The SMILES string of the molecule is Cc1cccc(S(=O)(=O)N2C[C@H](CC3(C(=O)O)CCC3)Oc3ccc(-c4cc(F)cc(OC(F)F)c4)cc32)c1. The van der Waals surface area contributed by atoms with Crippen molar-refractivity contribution in [1.29, 1.82) is 0 Å². The molecule has 0 saturated heterocycles. The molecule has 206 valence electrons. The van der Waals surface area contributed by atoms with Crippen LogP contribution >= 0.6 is 0 Å². The summed E-state index contributed by atoms with van der Waals surface area (Å²) in [5, 5.41) is 9.83. The van der Waals surface area contributed by atoms with E-state index in [4.69, 9.17) is 4.74 Å². The molecule has 1 saturated carbocycles. The molecule has 1 heterocycles. The molecule has 0 aromatic heterocycles. The Morgan fingerprint density at radius 2 is 1.90 bits per heavy atom. The summed E-state index contributed by atoms with van der Waals surface area (Å²) in [7, 11) is -4.12. The summed E-state index contributed by atoms with van der Waals surface area (Å²) in [5.41, 5.74) is 0.482. The predicted molar refractivity (Wildman–Crippen MR) is 137 cm³/mol. The van der Waals surface area contributed by atoms with Crippen LogP contribution in [0.15, 0.2) is 65.6 Å². The lowest BCUT2D eigenvalue weighted by Crippen LogP contribution is -2.49. The molecule has 2 aliphatic rings. The van der Waals surface area contributed by atoms with Crippen LogP contribution in [0, 0.1) is 18.2 Å². The highest BCUT2D eigenvalue weighted by molar-refractivity contribution is 7.92. The maximum atomic E-state index is 14.2. The highest BCUT2D eigenvalue weighted by Gasteiger charge is 2.48. The lowest BCUT2D eigenvalue weighted by molar-refractivity contribution is -0.156. The van der Waals surface area contributed by atoms with Crippen LogP contribution in [0.25, 0.3) is 11.1 Å². The Labute approximate surface area is 223 Å². The van der Waals surface area contributed by atoms with Gasteiger partial charge in [-0.2, -0.15) is 8.78 Å². The first-order valence-electron chi connectivity index (χ1n) is 12.4. The van der Waals surface area contributed by atoms with Gasteiger partial charge in [0.25, 0.3) is 10.0 Å². The normalized spacial score (nSPS) is 18.2. The van der Waals surface area contributed by atoms with Gasteiger partial charge in [-0.25, -0.2) is 12.8 Å². The number of aryl methyl sites for hydroxylation is 1. The van der Waals surface area contributed by atoms with Crippen LogP contribution in [0.5, 0.6) is 11.5 Å². The minimum absolute atomic E-state index is 0.0504. The van der Waals surface area contributed by atoms with Crippen molar-refractivity contribution < 1.29 is 41.0 Å². The lowest BCUT2D eigenvalue weighted by atomic mass is 9.65. The fourth-order valence-corrected chi connectivity index (χ4v) is 6.78. The summed E-state index contributed by atoms with van der Waals surface area (Å²) in [6.45, 7) is -1.51. The number of halogens is 3. The topological polar surface area (TPSA) is 93.1 Å². The fraction of sp³-hybridized carbons (Fsp3) is 0.321. The average molecular weight is 562 g/mol. The van der Waals surface area contributed by atoms with E-state index in [2.05, 4.69) is 4.74 Å². The van der Waals surface area contributed by atoms with Crippen molar-refractivity contribution in [3.63, 3.8) is 0 Å². The molecule has 7 nitrogen and oxygen atoms in total. The van der Waals surface area contributed by atoms with Crippen LogP contribution in [-0.2, 0) is 14.8 Å². The Morgan fingerprint density at radius 3 is 2.54 bits per heavy atom. The minimum Gasteiger partial charge on any atom is -0.486 e. The largest absolute Gasteiger partial charge is 0.486 e. The van der Waals surface area contributed by atoms with Crippen molar-refractivity contribution in [3.8, 4) is 22.6 Å². The molecular formula is C28H26F3NO6S. The molecule has 1 aliphatic heterocycles. The quantitative estimate of drug-likeness (QED) is 0.363. The van der Waals surface area contributed by atoms with Crippen LogP contribution in [0.2, 0.25) is 0 Å². The third kappa shape index (κ3) is 5.27. The number of benzene rings is 3. The zero-order valence-corrected chi connectivity index (χ0v) is 21.8. The van der Waals surface area contributed by atoms with E-state index in [0.29, 0.717) is 18.4 Å². The van der Waals surface area contributed by atoms with Gasteiger partial charge in [0.05, 0.1) is 22.5 Å². The summed E-state index contributed by atoms with van der Waals surface area (Å²) in [6, 6.07) is 14.1. The van der Waals surface area contributed by atoms with Gasteiger partial charge in [-0.15, -0.1) is 0 Å². The van der Waals surface area contributed by atoms with Gasteiger partial charge in [-0.3, -0.25) is 9.10 Å². The molecule has 5 rings (SSSR count). The van der Waals surface area contributed by atoms with E-state index in [1.165, 1.54) is 34.6 Å². The Morgan fingerprint density at radius 1 is 1.13 bits per heavy atom. The number of anilines is 1. The molecule has 1 aliphatic carbocycles. The van der Waals surface area contributed by atoms with Crippen molar-refractivity contribution in [2.24, 2.45) is 5.41 Å². The molecule has 1 atom stereocenters. The van der Waals surface area contributed by atoms with E-state index in [1.54, 1.807) is 25.1 Å². The molecule has 0 spiro atoms. The summed E-state index contributed by atoms with van der Waals surface area (Å²) in [4.78, 5) is 12.1. The second-order valence-corrected chi connectivity index (χ2v) is 11.8. The van der Waals surface area contributed by atoms with Gasteiger partial charge in [-0.1, -0.05) is 24.6 Å². The van der Waals surface area contributed by atoms with E-state index < -0.39 is 39.9 Å². The van der Waals surface area contributed by atoms with E-state index in [9.17, 15) is 31.5 Å². The van der Waals surface area contributed by atoms with Crippen molar-refractivity contribution in [3.05, 3.63) is 72.0 Å². The van der Waals surface area contributed by atoms with Crippen LogP contribution in [-0.4, -0.2) is 38.8 Å². The first kappa shape index (κ1) is 26.9. The van der Waals surface area contributed by atoms with Crippen molar-refractivity contribution in [2.75, 3.05) is 10.8 Å². The van der Waals surface area contributed by atoms with E-state index in [0.717, 1.165) is 24.1 Å². The third-order valence-corrected chi connectivity index (χ3v) is 9.06. The maximum Gasteiger partial charge on any atom is 0.387 e. The second kappa shape index (κ2) is 10.1. The molecule has 0 radical (unpaired) electrons. The average Bonchev–Trinajstić information content (AvgIpc) is 2.84. The molecule has 11 heteroatoms. The van der Waals surface area contributed by atoms with Gasteiger partial charge < -0.3 is 14.6 Å². The standard InChI is InChI=1S/C28H26F3NO6S/c1-17-4-2-5-23(10-17)39(35,36)32-16-22(15-28(26(33)34)8-3-9-28)37-25-7-6-18(13-24(25)32)19-11-20(29)14-21(12-19)38-27(30)31/h2,4-7,10-14,22,27H,3,8-9,15-16H2,1H3,(H,33,34)/t22-/m0/s1. The molecule has 0 unspecified atom stereocenters. The zero-order valence-electron chi connectivity index (χ0n) is 20.9. The smallest absolute Gasteiger partial charge is 0.387 e. The first-order chi connectivity index (χ1) is 18.5. The predicted octanol–water partition coefficient (Wildman–Crippen LogP) is 6.00. The Bertz CT molecular complexity index is 1520. The third-order valence-electron chi connectivity index (χ3n) is 7.28.